The van der Waals surface area contributed by atoms with E-state index in [9.17, 15) is 30.0 Å². The Morgan fingerprint density at radius 2 is 1.78 bits per heavy atom. The molecule has 11 heteroatoms. The number of carboxylic acids is 1. The first kappa shape index (κ1) is 22.3. The van der Waals surface area contributed by atoms with E-state index in [1.54, 1.807) is 42.5 Å². The first-order chi connectivity index (χ1) is 15.3. The van der Waals surface area contributed by atoms with Gasteiger partial charge in [0.1, 0.15) is 18.3 Å². The fraction of sp³-hybridized carbons (Fsp3) is 0.286. The Morgan fingerprint density at radius 1 is 1.06 bits per heavy atom. The van der Waals surface area contributed by atoms with E-state index >= 15 is 0 Å². The minimum Gasteiger partial charge on any atom is -0.479 e. The molecule has 4 rings (SSSR count). The maximum atomic E-state index is 12.8. The number of halogens is 1. The van der Waals surface area contributed by atoms with Crippen LogP contribution in [0, 0.1) is 0 Å². The van der Waals surface area contributed by atoms with Crippen LogP contribution in [0.4, 0.5) is 5.69 Å². The molecule has 0 radical (unpaired) electrons. The normalized spacial score (nSPS) is 30.0. The molecule has 1 amide bonds. The molecule has 5 N–H and O–H groups in total. The Morgan fingerprint density at radius 3 is 2.47 bits per heavy atom. The molecule has 2 aromatic rings. The zero-order valence-corrected chi connectivity index (χ0v) is 17.1. The number of aliphatic hydroxyl groups excluding tert-OH is 3. The first-order valence-electron chi connectivity index (χ1n) is 9.58. The van der Waals surface area contributed by atoms with Crippen LogP contribution in [0.3, 0.4) is 0 Å². The monoisotopic (exact) mass is 462 g/mol. The van der Waals surface area contributed by atoms with Crippen molar-refractivity contribution in [2.24, 2.45) is 4.99 Å². The van der Waals surface area contributed by atoms with Crippen molar-refractivity contribution >= 4 is 34.9 Å². The van der Waals surface area contributed by atoms with Gasteiger partial charge in [-0.2, -0.15) is 0 Å². The molecule has 32 heavy (non-hydrogen) atoms. The van der Waals surface area contributed by atoms with E-state index in [0.717, 1.165) is 0 Å². The summed E-state index contributed by atoms with van der Waals surface area (Å²) in [4.78, 5) is 28.6. The predicted octanol–water partition coefficient (Wildman–Crippen LogP) is 0.364. The molecular weight excluding hydrogens is 444 g/mol. The molecule has 1 unspecified atom stereocenters. The predicted molar refractivity (Wildman–Crippen MR) is 111 cm³/mol. The van der Waals surface area contributed by atoms with Gasteiger partial charge in [-0.25, -0.2) is 9.79 Å². The van der Waals surface area contributed by atoms with E-state index in [1.807, 2.05) is 6.07 Å². The Labute approximate surface area is 186 Å². The molecule has 1 fully saturated rings. The van der Waals surface area contributed by atoms with Crippen LogP contribution in [0.15, 0.2) is 53.5 Å². The minimum atomic E-state index is -1.89. The van der Waals surface area contributed by atoms with Gasteiger partial charge in [0, 0.05) is 16.1 Å². The van der Waals surface area contributed by atoms with Gasteiger partial charge in [-0.3, -0.25) is 4.79 Å². The number of rotatable bonds is 4. The lowest BCUT2D eigenvalue weighted by Crippen LogP contribution is -2.61. The van der Waals surface area contributed by atoms with Crippen LogP contribution in [0.1, 0.15) is 11.1 Å². The van der Waals surface area contributed by atoms with Gasteiger partial charge >= 0.3 is 5.97 Å². The standard InChI is InChI=1S/C21H19ClN2O8/c22-10-6-7-12-11(8-10)13(9-4-2-1-3-5-9)24-19(18(28)23-12)32-21-16(27)14(25)15(26)17(31-21)20(29)30/h1-8,14-17,19,21,25-27H,(H,23,28)(H,29,30)/t14-,15-,16+,17-,19?,21-/m0/s1. The van der Waals surface area contributed by atoms with Gasteiger partial charge in [-0.1, -0.05) is 41.9 Å². The second kappa shape index (κ2) is 8.94. The lowest BCUT2D eigenvalue weighted by Gasteiger charge is -2.39. The summed E-state index contributed by atoms with van der Waals surface area (Å²) in [7, 11) is 0. The number of amides is 1. The van der Waals surface area contributed by atoms with Crippen LogP contribution < -0.4 is 5.32 Å². The summed E-state index contributed by atoms with van der Waals surface area (Å²) in [5, 5.41) is 42.4. The minimum absolute atomic E-state index is 0.354. The average Bonchev–Trinajstić information content (AvgIpc) is 2.90. The number of ether oxygens (including phenoxy) is 2. The number of benzodiazepines with no additional fused rings is 1. The summed E-state index contributed by atoms with van der Waals surface area (Å²) in [5.41, 5.74) is 1.93. The third kappa shape index (κ3) is 4.24. The second-order valence-electron chi connectivity index (χ2n) is 7.25. The first-order valence-corrected chi connectivity index (χ1v) is 9.96. The summed E-state index contributed by atoms with van der Waals surface area (Å²) in [6.45, 7) is 0. The molecule has 0 saturated carbocycles. The average molecular weight is 463 g/mol. The van der Waals surface area contributed by atoms with Gasteiger partial charge in [0.25, 0.3) is 5.91 Å². The summed E-state index contributed by atoms with van der Waals surface area (Å²) in [5.74, 6) is -2.29. The number of aliphatic hydroxyl groups is 3. The second-order valence-corrected chi connectivity index (χ2v) is 7.68. The van der Waals surface area contributed by atoms with Crippen LogP contribution in [-0.2, 0) is 19.1 Å². The fourth-order valence-corrected chi connectivity index (χ4v) is 3.64. The van der Waals surface area contributed by atoms with Gasteiger partial charge in [-0.15, -0.1) is 0 Å². The molecule has 2 aliphatic rings. The molecule has 2 aliphatic heterocycles. The summed E-state index contributed by atoms with van der Waals surface area (Å²) in [6.07, 6.45) is -10.8. The van der Waals surface area contributed by atoms with E-state index in [1.165, 1.54) is 0 Å². The van der Waals surface area contributed by atoms with E-state index in [-0.39, 0.29) is 0 Å². The Kier molecular flexibility index (Phi) is 6.24. The summed E-state index contributed by atoms with van der Waals surface area (Å²) < 4.78 is 10.6. The van der Waals surface area contributed by atoms with Gasteiger partial charge in [0.15, 0.2) is 12.4 Å². The van der Waals surface area contributed by atoms with Crippen molar-refractivity contribution in [3.8, 4) is 0 Å². The third-order valence-electron chi connectivity index (χ3n) is 5.09. The number of hydrogen-bond donors (Lipinski definition) is 5. The highest BCUT2D eigenvalue weighted by Crippen LogP contribution is 2.29. The van der Waals surface area contributed by atoms with E-state index < -0.39 is 48.8 Å². The number of hydrogen-bond acceptors (Lipinski definition) is 8. The molecule has 1 saturated heterocycles. The number of benzene rings is 2. The molecule has 10 nitrogen and oxygen atoms in total. The van der Waals surface area contributed by atoms with Crippen LogP contribution in [0.5, 0.6) is 0 Å². The van der Waals surface area contributed by atoms with Gasteiger partial charge < -0.3 is 35.2 Å². The topological polar surface area (TPSA) is 158 Å². The van der Waals surface area contributed by atoms with Crippen molar-refractivity contribution in [3.05, 3.63) is 64.7 Å². The SMILES string of the molecule is O=C1Nc2ccc(Cl)cc2C(c2ccccc2)=NC1O[C@@H]1O[C@H](C(=O)O)[C@@H](O)[C@H](O)[C@H]1O. The molecular formula is C21H19ClN2O8. The molecule has 2 aromatic carbocycles. The van der Waals surface area contributed by atoms with Crippen molar-refractivity contribution < 1.29 is 39.5 Å². The van der Waals surface area contributed by atoms with E-state index in [0.29, 0.717) is 27.5 Å². The van der Waals surface area contributed by atoms with Crippen molar-refractivity contribution in [3.63, 3.8) is 0 Å². The number of nitrogens with zero attached hydrogens (tertiary/aromatic N) is 1. The quantitative estimate of drug-likeness (QED) is 0.436. The largest absolute Gasteiger partial charge is 0.479 e. The lowest BCUT2D eigenvalue weighted by atomic mass is 9.99. The van der Waals surface area contributed by atoms with Gasteiger partial charge in [0.05, 0.1) is 11.4 Å². The number of fused-ring (bicyclic) bond motifs is 1. The van der Waals surface area contributed by atoms with Crippen LogP contribution >= 0.6 is 11.6 Å². The molecule has 0 aromatic heterocycles. The molecule has 0 spiro atoms. The Balaban J connectivity index is 1.72. The number of aliphatic imine (C=N–C) groups is 1. The van der Waals surface area contributed by atoms with Crippen LogP contribution in [-0.4, -0.2) is 74.9 Å². The molecule has 6 atom stereocenters. The number of aliphatic carboxylic acids is 1. The number of nitrogens with one attached hydrogen (secondary N) is 1. The Bertz CT molecular complexity index is 1060. The highest BCUT2D eigenvalue weighted by Gasteiger charge is 2.48. The van der Waals surface area contributed by atoms with Crippen molar-refractivity contribution in [2.75, 3.05) is 5.32 Å². The zero-order chi connectivity index (χ0) is 23.0. The summed E-state index contributed by atoms with van der Waals surface area (Å²) >= 11 is 6.15. The smallest absolute Gasteiger partial charge is 0.335 e. The van der Waals surface area contributed by atoms with Gasteiger partial charge in [-0.05, 0) is 18.2 Å². The van der Waals surface area contributed by atoms with E-state index in [2.05, 4.69) is 10.3 Å². The molecule has 168 valence electrons. The van der Waals surface area contributed by atoms with Crippen molar-refractivity contribution in [1.29, 1.82) is 0 Å². The molecule has 0 aliphatic carbocycles. The highest BCUT2D eigenvalue weighted by atomic mass is 35.5. The van der Waals surface area contributed by atoms with Crippen molar-refractivity contribution in [2.45, 2.75) is 36.9 Å². The highest BCUT2D eigenvalue weighted by molar-refractivity contribution is 6.32. The van der Waals surface area contributed by atoms with Crippen molar-refractivity contribution in [1.82, 2.24) is 0 Å². The number of anilines is 1. The molecule has 2 heterocycles. The fourth-order valence-electron chi connectivity index (χ4n) is 3.47. The van der Waals surface area contributed by atoms with Crippen LogP contribution in [0.25, 0.3) is 0 Å². The lowest BCUT2D eigenvalue weighted by molar-refractivity contribution is -0.300. The number of carboxylic acid groups (broad SMARTS) is 1. The Hall–Kier alpha value is -2.86. The van der Waals surface area contributed by atoms with Gasteiger partial charge in [0.2, 0.25) is 6.23 Å². The third-order valence-corrected chi connectivity index (χ3v) is 5.32. The number of carbonyl (C=O) groups is 2. The van der Waals surface area contributed by atoms with Crippen LogP contribution in [0.2, 0.25) is 5.02 Å². The van der Waals surface area contributed by atoms with E-state index in [4.69, 9.17) is 21.1 Å². The molecule has 0 bridgehead atoms. The zero-order valence-electron chi connectivity index (χ0n) is 16.3. The maximum Gasteiger partial charge on any atom is 0.335 e. The maximum absolute atomic E-state index is 12.8. The summed E-state index contributed by atoms with van der Waals surface area (Å²) in [6, 6.07) is 13.7. The number of carbonyl (C=O) groups excluding carboxylic acids is 1.